The molecule has 1 saturated heterocycles. The Kier molecular flexibility index (Phi) is 11.4. The summed E-state index contributed by atoms with van der Waals surface area (Å²) in [4.78, 5) is 55.5. The molecule has 6 rings (SSSR count). The highest BCUT2D eigenvalue weighted by Gasteiger charge is 2.76. The molecule has 11 atom stereocenters. The number of nitrogens with one attached hydrogen (secondary N) is 1. The van der Waals surface area contributed by atoms with Crippen LogP contribution in [0.3, 0.4) is 0 Å². The Morgan fingerprint density at radius 1 is 1.00 bits per heavy atom. The van der Waals surface area contributed by atoms with Crippen LogP contribution < -0.4 is 5.32 Å². The molecule has 4 aliphatic carbocycles. The van der Waals surface area contributed by atoms with Gasteiger partial charge in [-0.1, -0.05) is 65.2 Å². The molecule has 1 aliphatic heterocycles. The van der Waals surface area contributed by atoms with Crippen molar-refractivity contribution in [3.63, 3.8) is 0 Å². The van der Waals surface area contributed by atoms with Gasteiger partial charge in [-0.2, -0.15) is 0 Å². The van der Waals surface area contributed by atoms with Crippen LogP contribution in [-0.2, 0) is 28.5 Å². The smallest absolute Gasteiger partial charge is 0.407 e. The number of fused-ring (bicyclic) bond motifs is 5. The Morgan fingerprint density at radius 3 is 2.25 bits per heavy atom. The highest BCUT2D eigenvalue weighted by atomic mass is 16.6. The maximum Gasteiger partial charge on any atom is 0.407 e. The number of carbonyl (C=O) groups is 4. The lowest BCUT2D eigenvalue weighted by Gasteiger charge is -2.66. The molecule has 14 nitrogen and oxygen atoms in total. The van der Waals surface area contributed by atoms with Crippen molar-refractivity contribution in [2.24, 2.45) is 28.6 Å². The average Bonchev–Trinajstić information content (AvgIpc) is 3.15. The van der Waals surface area contributed by atoms with Crippen LogP contribution in [0.25, 0.3) is 0 Å². The van der Waals surface area contributed by atoms with Crippen molar-refractivity contribution in [1.82, 2.24) is 5.32 Å². The minimum atomic E-state index is -2.27. The van der Waals surface area contributed by atoms with Gasteiger partial charge in [-0.3, -0.25) is 4.79 Å². The number of hydrogen-bond donors (Lipinski definition) is 6. The monoisotopic (exact) mass is 771 g/mol. The van der Waals surface area contributed by atoms with Gasteiger partial charge in [0, 0.05) is 24.2 Å². The summed E-state index contributed by atoms with van der Waals surface area (Å²) in [6.07, 6.45) is -6.84. The fourth-order valence-electron chi connectivity index (χ4n) is 10.1. The second kappa shape index (κ2) is 15.2. The predicted molar refractivity (Wildman–Crippen MR) is 195 cm³/mol. The third kappa shape index (κ3) is 6.90. The van der Waals surface area contributed by atoms with Gasteiger partial charge in [0.1, 0.15) is 29.5 Å². The topological polar surface area (TPSA) is 218 Å². The summed E-state index contributed by atoms with van der Waals surface area (Å²) in [5.74, 6) is -4.59. The lowest BCUT2D eigenvalue weighted by atomic mass is 9.44. The van der Waals surface area contributed by atoms with Gasteiger partial charge in [0.05, 0.1) is 42.4 Å². The molecule has 5 aliphatic rings. The van der Waals surface area contributed by atoms with Gasteiger partial charge in [-0.05, 0) is 61.8 Å². The number of aliphatic hydroxyl groups excluding tert-OH is 3. The predicted octanol–water partition coefficient (Wildman–Crippen LogP) is 2.75. The van der Waals surface area contributed by atoms with Crippen LogP contribution in [0.4, 0.5) is 4.79 Å². The fourth-order valence-corrected chi connectivity index (χ4v) is 10.1. The summed E-state index contributed by atoms with van der Waals surface area (Å²) in [6.45, 7) is 9.67. The molecule has 0 spiro atoms. The number of ether oxygens (including phenoxy) is 4. The number of carbonyl (C=O) groups excluding carboxylic acids is 4. The highest BCUT2D eigenvalue weighted by molar-refractivity contribution is 5.94. The number of ketones is 1. The summed E-state index contributed by atoms with van der Waals surface area (Å²) in [5, 5.41) is 63.5. The van der Waals surface area contributed by atoms with Crippen LogP contribution in [-0.4, -0.2) is 116 Å². The van der Waals surface area contributed by atoms with Crippen molar-refractivity contribution in [1.29, 1.82) is 0 Å². The van der Waals surface area contributed by atoms with Crippen molar-refractivity contribution in [2.75, 3.05) is 13.2 Å². The molecule has 6 N–H and O–H groups in total. The number of alkyl carbamates (subject to hydrolysis) is 1. The lowest BCUT2D eigenvalue weighted by molar-refractivity contribution is -0.343. The number of hydrogen-bond acceptors (Lipinski definition) is 13. The zero-order valence-electron chi connectivity index (χ0n) is 32.5. The first-order valence-corrected chi connectivity index (χ1v) is 19.5. The normalized spacial score (nSPS) is 36.9. The highest BCUT2D eigenvalue weighted by Crippen LogP contribution is 2.63. The summed E-state index contributed by atoms with van der Waals surface area (Å²) >= 11 is 0. The molecular weight excluding hydrogens is 714 g/mol. The molecule has 1 aromatic rings. The van der Waals surface area contributed by atoms with Gasteiger partial charge in [0.2, 0.25) is 0 Å². The Balaban J connectivity index is 1.42. The largest absolute Gasteiger partial charge is 0.456 e. The van der Waals surface area contributed by atoms with Crippen molar-refractivity contribution < 1.29 is 63.7 Å². The molecule has 14 heteroatoms. The number of esters is 2. The van der Waals surface area contributed by atoms with Crippen LogP contribution in [0.15, 0.2) is 41.5 Å². The van der Waals surface area contributed by atoms with E-state index >= 15 is 0 Å². The Morgan fingerprint density at radius 2 is 1.65 bits per heavy atom. The minimum absolute atomic E-state index is 0.00985. The Hall–Kier alpha value is -3.40. The SMILES string of the molecule is CC1=C2C(O)C(=O)[C@]3(C)C(O)CC4OC[C@@]4(O)C3C(OC(=O)c3ccccc3)C(O)(CC1OC(=O)C(O)C(NC(=O)OCC(C)C)C1CCCCC1)C2(C)C. The van der Waals surface area contributed by atoms with E-state index in [1.54, 1.807) is 39.0 Å². The van der Waals surface area contributed by atoms with E-state index in [4.69, 9.17) is 18.9 Å². The van der Waals surface area contributed by atoms with E-state index in [0.717, 1.165) is 19.3 Å². The molecule has 2 bridgehead atoms. The van der Waals surface area contributed by atoms with Crippen molar-refractivity contribution in [3.05, 3.63) is 47.0 Å². The summed E-state index contributed by atoms with van der Waals surface area (Å²) in [6, 6.07) is 6.90. The van der Waals surface area contributed by atoms with Gasteiger partial charge in [-0.25, -0.2) is 14.4 Å². The van der Waals surface area contributed by atoms with E-state index in [0.29, 0.717) is 12.8 Å². The van der Waals surface area contributed by atoms with Crippen molar-refractivity contribution in [3.8, 4) is 0 Å². The van der Waals surface area contributed by atoms with E-state index in [2.05, 4.69) is 5.32 Å². The number of Topliss-reactive ketones (excluding diaryl/α,β-unsaturated/α-hetero) is 1. The number of benzene rings is 1. The molecule has 1 aromatic carbocycles. The average molecular weight is 772 g/mol. The Labute approximate surface area is 321 Å². The molecule has 304 valence electrons. The van der Waals surface area contributed by atoms with Crippen LogP contribution in [0.1, 0.15) is 96.8 Å². The number of amides is 1. The zero-order chi connectivity index (χ0) is 40.2. The zero-order valence-corrected chi connectivity index (χ0v) is 32.5. The fraction of sp³-hybridized carbons (Fsp3) is 0.707. The van der Waals surface area contributed by atoms with Crippen LogP contribution in [0.2, 0.25) is 0 Å². The van der Waals surface area contributed by atoms with Gasteiger partial charge >= 0.3 is 18.0 Å². The first-order chi connectivity index (χ1) is 25.8. The van der Waals surface area contributed by atoms with Crippen molar-refractivity contribution >= 4 is 23.8 Å². The summed E-state index contributed by atoms with van der Waals surface area (Å²) < 4.78 is 23.2. The van der Waals surface area contributed by atoms with Crippen LogP contribution in [0, 0.1) is 28.6 Å². The van der Waals surface area contributed by atoms with Gasteiger partial charge in [0.25, 0.3) is 0 Å². The molecular formula is C41H57NO13. The van der Waals surface area contributed by atoms with Gasteiger partial charge in [0.15, 0.2) is 11.9 Å². The molecule has 0 aromatic heterocycles. The third-order valence-electron chi connectivity index (χ3n) is 13.4. The van der Waals surface area contributed by atoms with Crippen LogP contribution >= 0.6 is 0 Å². The molecule has 9 unspecified atom stereocenters. The molecule has 1 amide bonds. The second-order valence-corrected chi connectivity index (χ2v) is 17.5. The number of aliphatic hydroxyl groups is 5. The first kappa shape index (κ1) is 41.2. The van der Waals surface area contributed by atoms with E-state index in [1.807, 2.05) is 13.8 Å². The van der Waals surface area contributed by atoms with Gasteiger partial charge in [-0.15, -0.1) is 0 Å². The molecule has 4 fully saturated rings. The standard InChI is InChI=1S/C41H57NO13/c1-21(2)19-52-37(49)42-29(23-13-9-7-10-14-23)31(45)36(48)54-25-18-41(51)34(55-35(47)24-15-11-8-12-16-24)32-39(6,26(43)17-27-40(32,50)20-53-27)33(46)30(44)28(22(25)3)38(41,4)5/h8,11-12,15-16,21,23,25-27,29-32,34,43-45,50-51H,7,9-10,13-14,17-20H2,1-6H3,(H,42,49)/t25?,26?,27?,29?,30?,31?,32?,34?,39-,40+,41?/m1/s1. The summed E-state index contributed by atoms with van der Waals surface area (Å²) in [7, 11) is 0. The third-order valence-corrected chi connectivity index (χ3v) is 13.4. The quantitative estimate of drug-likeness (QED) is 0.121. The Bertz CT molecular complexity index is 1670. The summed E-state index contributed by atoms with van der Waals surface area (Å²) in [5.41, 5.74) is -7.34. The van der Waals surface area contributed by atoms with E-state index in [-0.39, 0.29) is 48.2 Å². The second-order valence-electron chi connectivity index (χ2n) is 17.5. The molecule has 1 heterocycles. The first-order valence-electron chi connectivity index (χ1n) is 19.5. The maximum atomic E-state index is 14.7. The molecule has 55 heavy (non-hydrogen) atoms. The number of rotatable bonds is 9. The van der Waals surface area contributed by atoms with E-state index in [9.17, 15) is 44.7 Å². The van der Waals surface area contributed by atoms with E-state index in [1.165, 1.54) is 19.1 Å². The maximum absolute atomic E-state index is 14.7. The van der Waals surface area contributed by atoms with E-state index < -0.39 is 101 Å². The van der Waals surface area contributed by atoms with Crippen molar-refractivity contribution in [2.45, 2.75) is 140 Å². The molecule has 0 radical (unpaired) electrons. The van der Waals surface area contributed by atoms with Crippen LogP contribution in [0.5, 0.6) is 0 Å². The molecule has 3 saturated carbocycles. The van der Waals surface area contributed by atoms with Gasteiger partial charge < -0.3 is 49.8 Å². The minimum Gasteiger partial charge on any atom is -0.456 e. The lowest BCUT2D eigenvalue weighted by Crippen LogP contribution is -2.81.